The quantitative estimate of drug-likeness (QED) is 0.745. The highest BCUT2D eigenvalue weighted by Crippen LogP contribution is 2.36. The molecule has 0 radical (unpaired) electrons. The lowest BCUT2D eigenvalue weighted by molar-refractivity contribution is 0.241. The predicted octanol–water partition coefficient (Wildman–Crippen LogP) is 3.27. The summed E-state index contributed by atoms with van der Waals surface area (Å²) in [7, 11) is 0. The van der Waals surface area contributed by atoms with Crippen LogP contribution < -0.4 is 16.0 Å². The molecule has 1 saturated carbocycles. The number of hydrogen-bond acceptors (Lipinski definition) is 4. The Morgan fingerprint density at radius 2 is 1.90 bits per heavy atom. The second kappa shape index (κ2) is 7.67. The molecule has 122 valence electrons. The van der Waals surface area contributed by atoms with Crippen LogP contribution in [0.1, 0.15) is 65.2 Å². The first-order chi connectivity index (χ1) is 10.2. The Hall–Kier alpha value is 0.230. The lowest BCUT2D eigenvalue weighted by Crippen LogP contribution is -2.54. The fourth-order valence-electron chi connectivity index (χ4n) is 4.30. The topological polar surface area (TPSA) is 36.1 Å². The van der Waals surface area contributed by atoms with Gasteiger partial charge in [-0.25, -0.2) is 0 Å². The summed E-state index contributed by atoms with van der Waals surface area (Å²) in [5.74, 6) is 1.93. The molecule has 3 aliphatic rings. The van der Waals surface area contributed by atoms with Crippen LogP contribution >= 0.6 is 11.8 Å². The average molecular weight is 312 g/mol. The standard InChI is InChI=1S/C17H33N3S/c1-12-6-3-4-8-14(12)10-15-11-18-17(21-15)20-16-9-5-7-13(2)19-16/h12-20H,3-11H2,1-2H3. The predicted molar refractivity (Wildman–Crippen MR) is 92.3 cm³/mol. The molecule has 2 aliphatic heterocycles. The second-order valence-electron chi connectivity index (χ2n) is 7.52. The molecule has 3 rings (SSSR count). The number of nitrogens with one attached hydrogen (secondary N) is 3. The molecule has 0 aromatic heterocycles. The molecular weight excluding hydrogens is 278 g/mol. The highest BCUT2D eigenvalue weighted by molar-refractivity contribution is 8.00. The van der Waals surface area contributed by atoms with Crippen molar-refractivity contribution in [2.75, 3.05) is 6.54 Å². The van der Waals surface area contributed by atoms with Gasteiger partial charge in [0, 0.05) is 17.8 Å². The summed E-state index contributed by atoms with van der Waals surface area (Å²) in [5, 5.41) is 11.9. The highest BCUT2D eigenvalue weighted by Gasteiger charge is 2.31. The lowest BCUT2D eigenvalue weighted by atomic mass is 9.78. The van der Waals surface area contributed by atoms with E-state index in [1.54, 1.807) is 0 Å². The van der Waals surface area contributed by atoms with Crippen LogP contribution in [-0.2, 0) is 0 Å². The Morgan fingerprint density at radius 3 is 2.71 bits per heavy atom. The highest BCUT2D eigenvalue weighted by atomic mass is 32.2. The molecule has 0 spiro atoms. The lowest BCUT2D eigenvalue weighted by Gasteiger charge is -2.32. The Bertz CT molecular complexity index is 325. The molecule has 0 bridgehead atoms. The van der Waals surface area contributed by atoms with Gasteiger partial charge in [0.2, 0.25) is 0 Å². The molecule has 2 heterocycles. The zero-order valence-electron chi connectivity index (χ0n) is 13.7. The van der Waals surface area contributed by atoms with Crippen LogP contribution in [0.2, 0.25) is 0 Å². The van der Waals surface area contributed by atoms with Gasteiger partial charge >= 0.3 is 0 Å². The Kier molecular flexibility index (Phi) is 5.88. The van der Waals surface area contributed by atoms with Gasteiger partial charge in [0.25, 0.3) is 0 Å². The van der Waals surface area contributed by atoms with Crippen LogP contribution in [0.4, 0.5) is 0 Å². The van der Waals surface area contributed by atoms with E-state index >= 15 is 0 Å². The van der Waals surface area contributed by atoms with Crippen molar-refractivity contribution in [3.05, 3.63) is 0 Å². The SMILES string of the molecule is CC1CCCC(NC2NCC(CC3CCCCC3C)S2)N1. The van der Waals surface area contributed by atoms with E-state index in [0.717, 1.165) is 17.1 Å². The fourth-order valence-corrected chi connectivity index (χ4v) is 5.67. The van der Waals surface area contributed by atoms with Crippen molar-refractivity contribution in [1.29, 1.82) is 0 Å². The molecule has 1 aliphatic carbocycles. The van der Waals surface area contributed by atoms with E-state index in [-0.39, 0.29) is 0 Å². The monoisotopic (exact) mass is 311 g/mol. The van der Waals surface area contributed by atoms with Crippen LogP contribution in [-0.4, -0.2) is 29.5 Å². The van der Waals surface area contributed by atoms with Gasteiger partial charge in [0.1, 0.15) is 5.50 Å². The first kappa shape index (κ1) is 16.1. The minimum atomic E-state index is 0.455. The van der Waals surface area contributed by atoms with Crippen LogP contribution in [0.3, 0.4) is 0 Å². The first-order valence-electron chi connectivity index (χ1n) is 9.11. The zero-order valence-corrected chi connectivity index (χ0v) is 14.6. The number of hydrogen-bond donors (Lipinski definition) is 3. The van der Waals surface area contributed by atoms with Crippen molar-refractivity contribution in [3.8, 4) is 0 Å². The van der Waals surface area contributed by atoms with Crippen molar-refractivity contribution < 1.29 is 0 Å². The third-order valence-electron chi connectivity index (χ3n) is 5.68. The van der Waals surface area contributed by atoms with Gasteiger partial charge in [0.05, 0.1) is 6.17 Å². The first-order valence-corrected chi connectivity index (χ1v) is 10.1. The minimum absolute atomic E-state index is 0.455. The third kappa shape index (κ3) is 4.60. The van der Waals surface area contributed by atoms with Crippen molar-refractivity contribution in [2.24, 2.45) is 11.8 Å². The summed E-state index contributed by atoms with van der Waals surface area (Å²) < 4.78 is 0. The van der Waals surface area contributed by atoms with E-state index in [0.29, 0.717) is 17.7 Å². The van der Waals surface area contributed by atoms with Gasteiger partial charge in [-0.15, -0.1) is 11.8 Å². The van der Waals surface area contributed by atoms with Crippen LogP contribution in [0.25, 0.3) is 0 Å². The summed E-state index contributed by atoms with van der Waals surface area (Å²) in [6.45, 7) is 5.96. The van der Waals surface area contributed by atoms with Crippen molar-refractivity contribution in [3.63, 3.8) is 0 Å². The molecule has 0 aromatic carbocycles. The number of thioether (sulfide) groups is 1. The third-order valence-corrected chi connectivity index (χ3v) is 7.00. The van der Waals surface area contributed by atoms with E-state index < -0.39 is 0 Å². The summed E-state index contributed by atoms with van der Waals surface area (Å²) in [5.41, 5.74) is 0.455. The molecule has 0 aromatic rings. The molecular formula is C17H33N3S. The number of piperidine rings is 1. The maximum Gasteiger partial charge on any atom is 0.107 e. The van der Waals surface area contributed by atoms with Gasteiger partial charge in [-0.3, -0.25) is 16.0 Å². The smallest absolute Gasteiger partial charge is 0.107 e. The van der Waals surface area contributed by atoms with Crippen LogP contribution in [0, 0.1) is 11.8 Å². The molecule has 6 atom stereocenters. The zero-order chi connectivity index (χ0) is 14.7. The fraction of sp³-hybridized carbons (Fsp3) is 1.00. The number of rotatable bonds is 4. The van der Waals surface area contributed by atoms with Gasteiger partial charge < -0.3 is 0 Å². The van der Waals surface area contributed by atoms with Crippen LogP contribution in [0.5, 0.6) is 0 Å². The summed E-state index contributed by atoms with van der Waals surface area (Å²) >= 11 is 2.14. The second-order valence-corrected chi connectivity index (χ2v) is 8.93. The molecule has 21 heavy (non-hydrogen) atoms. The molecule has 0 amide bonds. The van der Waals surface area contributed by atoms with Gasteiger partial charge in [-0.05, 0) is 44.4 Å². The molecule has 6 unspecified atom stereocenters. The van der Waals surface area contributed by atoms with Gasteiger partial charge in [-0.2, -0.15) is 0 Å². The molecule has 4 heteroatoms. The van der Waals surface area contributed by atoms with Crippen molar-refractivity contribution in [2.45, 2.75) is 88.2 Å². The largest absolute Gasteiger partial charge is 0.299 e. The van der Waals surface area contributed by atoms with Crippen LogP contribution in [0.15, 0.2) is 0 Å². The van der Waals surface area contributed by atoms with E-state index in [2.05, 4.69) is 41.6 Å². The molecule has 3 nitrogen and oxygen atoms in total. The molecule has 2 saturated heterocycles. The maximum atomic E-state index is 3.77. The summed E-state index contributed by atoms with van der Waals surface area (Å²) in [4.78, 5) is 0. The van der Waals surface area contributed by atoms with E-state index in [4.69, 9.17) is 0 Å². The van der Waals surface area contributed by atoms with Crippen molar-refractivity contribution in [1.82, 2.24) is 16.0 Å². The van der Waals surface area contributed by atoms with Gasteiger partial charge in [-0.1, -0.05) is 32.6 Å². The Morgan fingerprint density at radius 1 is 1.05 bits per heavy atom. The van der Waals surface area contributed by atoms with E-state index in [9.17, 15) is 0 Å². The van der Waals surface area contributed by atoms with Gasteiger partial charge in [0.15, 0.2) is 0 Å². The molecule has 3 N–H and O–H groups in total. The molecule has 3 fully saturated rings. The average Bonchev–Trinajstić information content (AvgIpc) is 2.89. The summed E-state index contributed by atoms with van der Waals surface area (Å²) in [6, 6.07) is 0.668. The van der Waals surface area contributed by atoms with E-state index in [1.165, 1.54) is 57.9 Å². The Balaban J connectivity index is 1.40. The van der Waals surface area contributed by atoms with Crippen molar-refractivity contribution >= 4 is 11.8 Å². The Labute approximate surface area is 134 Å². The normalized spacial score (nSPS) is 44.9. The maximum absolute atomic E-state index is 3.77. The van der Waals surface area contributed by atoms with E-state index in [1.807, 2.05) is 0 Å². The summed E-state index contributed by atoms with van der Waals surface area (Å²) in [6.07, 6.45) is 11.7. The minimum Gasteiger partial charge on any atom is -0.299 e.